The first-order chi connectivity index (χ1) is 12.0. The van der Waals surface area contributed by atoms with Crippen molar-refractivity contribution in [1.29, 1.82) is 0 Å². The molecule has 0 saturated heterocycles. The fraction of sp³-hybridized carbons (Fsp3) is 0. The van der Waals surface area contributed by atoms with E-state index >= 15 is 0 Å². The minimum absolute atomic E-state index is 0.0126. The molecule has 12 heteroatoms. The summed E-state index contributed by atoms with van der Waals surface area (Å²) in [7, 11) is -7.58. The van der Waals surface area contributed by atoms with Gasteiger partial charge in [0.25, 0.3) is 26.0 Å². The highest BCUT2D eigenvalue weighted by atomic mass is 35.5. The molecule has 0 bridgehead atoms. The second-order valence-corrected chi connectivity index (χ2v) is 8.65. The number of hydrogen-bond donors (Lipinski definition) is 1. The molecule has 0 spiro atoms. The van der Waals surface area contributed by atoms with Crippen LogP contribution in [0.5, 0.6) is 0 Å². The van der Waals surface area contributed by atoms with Crippen LogP contribution >= 0.6 is 11.6 Å². The van der Waals surface area contributed by atoms with Crippen LogP contribution in [0.1, 0.15) is 15.9 Å². The van der Waals surface area contributed by atoms with E-state index in [4.69, 9.17) is 11.6 Å². The topological polar surface area (TPSA) is 110 Å². The highest BCUT2D eigenvalue weighted by Crippen LogP contribution is 2.28. The maximum atomic E-state index is 12.7. The van der Waals surface area contributed by atoms with Gasteiger partial charge in [-0.2, -0.15) is 8.42 Å². The molecule has 2 aliphatic rings. The second-order valence-electron chi connectivity index (χ2n) is 5.07. The predicted molar refractivity (Wildman–Crippen MR) is 87.0 cm³/mol. The zero-order valence-corrected chi connectivity index (χ0v) is 14.8. The number of carbonyl (C=O) groups excluding carboxylic acids is 1. The number of amides is 1. The Kier molecular flexibility index (Phi) is 4.33. The summed E-state index contributed by atoms with van der Waals surface area (Å²) in [6.45, 7) is 0. The maximum Gasteiger partial charge on any atom is 0.284 e. The van der Waals surface area contributed by atoms with E-state index in [1.165, 1.54) is 6.07 Å². The molecule has 0 atom stereocenters. The molecule has 0 aromatic heterocycles. The molecule has 0 fully saturated rings. The monoisotopic (exact) mass is 420 g/mol. The van der Waals surface area contributed by atoms with Crippen molar-refractivity contribution >= 4 is 42.7 Å². The maximum absolute atomic E-state index is 12.7. The quantitative estimate of drug-likeness (QED) is 0.698. The van der Waals surface area contributed by atoms with Crippen molar-refractivity contribution in [2.45, 2.75) is 9.79 Å². The highest BCUT2D eigenvalue weighted by Gasteiger charge is 2.32. The van der Waals surface area contributed by atoms with Gasteiger partial charge in [-0.05, 0) is 36.4 Å². The first-order valence-corrected chi connectivity index (χ1v) is 9.98. The van der Waals surface area contributed by atoms with Gasteiger partial charge in [-0.1, -0.05) is 11.6 Å². The number of nitrogens with one attached hydrogen (secondary N) is 1. The fourth-order valence-electron chi connectivity index (χ4n) is 2.22. The first-order valence-electron chi connectivity index (χ1n) is 6.68. The summed E-state index contributed by atoms with van der Waals surface area (Å²) in [5.74, 6) is -2.02. The number of hydrogen-bond acceptors (Lipinski definition) is 5. The number of nitrogens with zero attached hydrogens (tertiary/aromatic N) is 1. The van der Waals surface area contributed by atoms with Gasteiger partial charge in [0, 0.05) is 5.56 Å². The standard InChI is InChI=1S/C7H3ClFNO2S.C7H4FNO3S/c8-7-5-2-1-4(9)3-6(5)13(11,12)10-7;8-4-1-2-5-6(3-4)13(11,12)9-7(5)10/h1-3H;1-3H,(H,9,10). The molecular formula is C14H7ClF2N2O5S2. The largest absolute Gasteiger partial charge is 0.284 e. The van der Waals surface area contributed by atoms with Gasteiger partial charge in [-0.25, -0.2) is 21.9 Å². The van der Waals surface area contributed by atoms with Crippen LogP contribution in [0.25, 0.3) is 0 Å². The van der Waals surface area contributed by atoms with Gasteiger partial charge in [0.1, 0.15) is 21.4 Å². The number of fused-ring (bicyclic) bond motifs is 2. The number of benzene rings is 2. The number of halogens is 3. The zero-order chi connectivity index (χ0) is 19.3. The molecule has 2 aromatic carbocycles. The molecule has 0 saturated carbocycles. The van der Waals surface area contributed by atoms with Crippen LogP contribution in [-0.2, 0) is 20.0 Å². The van der Waals surface area contributed by atoms with E-state index in [2.05, 4.69) is 4.40 Å². The van der Waals surface area contributed by atoms with Crippen LogP contribution in [0.2, 0.25) is 0 Å². The predicted octanol–water partition coefficient (Wildman–Crippen LogP) is 1.77. The van der Waals surface area contributed by atoms with Crippen molar-refractivity contribution in [3.8, 4) is 0 Å². The van der Waals surface area contributed by atoms with Crippen LogP contribution in [0.3, 0.4) is 0 Å². The summed E-state index contributed by atoms with van der Waals surface area (Å²) in [5.41, 5.74) is 0.240. The third kappa shape index (κ3) is 3.20. The van der Waals surface area contributed by atoms with Gasteiger partial charge >= 0.3 is 0 Å². The Morgan fingerprint density at radius 3 is 2.04 bits per heavy atom. The van der Waals surface area contributed by atoms with E-state index in [0.29, 0.717) is 0 Å². The third-order valence-electron chi connectivity index (χ3n) is 3.35. The van der Waals surface area contributed by atoms with Crippen LogP contribution < -0.4 is 4.72 Å². The van der Waals surface area contributed by atoms with Gasteiger partial charge in [0.05, 0.1) is 5.56 Å². The Hall–Kier alpha value is -2.37. The molecule has 0 radical (unpaired) electrons. The van der Waals surface area contributed by atoms with E-state index in [1.54, 1.807) is 4.72 Å². The second kappa shape index (κ2) is 6.11. The van der Waals surface area contributed by atoms with Crippen molar-refractivity contribution in [1.82, 2.24) is 4.72 Å². The van der Waals surface area contributed by atoms with Gasteiger partial charge in [0.15, 0.2) is 5.17 Å². The Morgan fingerprint density at radius 1 is 0.885 bits per heavy atom. The Morgan fingerprint density at radius 2 is 1.42 bits per heavy atom. The Bertz CT molecular complexity index is 1190. The molecule has 2 aromatic rings. The van der Waals surface area contributed by atoms with E-state index < -0.39 is 37.6 Å². The summed E-state index contributed by atoms with van der Waals surface area (Å²) < 4.78 is 74.9. The van der Waals surface area contributed by atoms with Crippen molar-refractivity contribution in [2.75, 3.05) is 0 Å². The van der Waals surface area contributed by atoms with Crippen LogP contribution in [-0.4, -0.2) is 27.9 Å². The highest BCUT2D eigenvalue weighted by molar-refractivity contribution is 7.91. The van der Waals surface area contributed by atoms with E-state index in [9.17, 15) is 30.4 Å². The van der Waals surface area contributed by atoms with Crippen molar-refractivity contribution in [3.63, 3.8) is 0 Å². The molecule has 1 amide bonds. The van der Waals surface area contributed by atoms with Crippen LogP contribution in [0, 0.1) is 11.6 Å². The summed E-state index contributed by atoms with van der Waals surface area (Å²) in [4.78, 5) is 10.5. The summed E-state index contributed by atoms with van der Waals surface area (Å²) in [5, 5.41) is -0.116. The van der Waals surface area contributed by atoms with Crippen molar-refractivity contribution in [2.24, 2.45) is 4.40 Å². The average molecular weight is 421 g/mol. The fourth-order valence-corrected chi connectivity index (χ4v) is 5.01. The summed E-state index contributed by atoms with van der Waals surface area (Å²) >= 11 is 5.53. The molecule has 26 heavy (non-hydrogen) atoms. The molecule has 0 unspecified atom stereocenters. The van der Waals surface area contributed by atoms with Crippen LogP contribution in [0.15, 0.2) is 50.6 Å². The zero-order valence-electron chi connectivity index (χ0n) is 12.4. The first kappa shape index (κ1) is 18.4. The Labute approximate surface area is 151 Å². The average Bonchev–Trinajstić information content (AvgIpc) is 2.89. The molecule has 2 aliphatic heterocycles. The van der Waals surface area contributed by atoms with E-state index in [-0.39, 0.29) is 26.1 Å². The Balaban J connectivity index is 0.000000151. The number of carbonyl (C=O) groups is 1. The van der Waals surface area contributed by atoms with E-state index in [1.807, 2.05) is 0 Å². The molecule has 2 heterocycles. The molecule has 4 rings (SSSR count). The molecule has 1 N–H and O–H groups in total. The van der Waals surface area contributed by atoms with E-state index in [0.717, 1.165) is 30.3 Å². The van der Waals surface area contributed by atoms with Gasteiger partial charge < -0.3 is 0 Å². The smallest absolute Gasteiger partial charge is 0.268 e. The minimum atomic E-state index is -3.82. The lowest BCUT2D eigenvalue weighted by Crippen LogP contribution is -2.20. The lowest BCUT2D eigenvalue weighted by molar-refractivity contribution is 0.0985. The summed E-state index contributed by atoms with van der Waals surface area (Å²) in [6, 6.07) is 6.34. The lowest BCUT2D eigenvalue weighted by Gasteiger charge is -1.95. The molecule has 0 aliphatic carbocycles. The number of sulfonamides is 2. The van der Waals surface area contributed by atoms with Crippen molar-refractivity contribution in [3.05, 3.63) is 59.2 Å². The van der Waals surface area contributed by atoms with Gasteiger partial charge in [-0.15, -0.1) is 4.40 Å². The summed E-state index contributed by atoms with van der Waals surface area (Å²) in [6.07, 6.45) is 0. The molecule has 136 valence electrons. The lowest BCUT2D eigenvalue weighted by atomic mass is 10.2. The normalized spacial score (nSPS) is 18.1. The number of rotatable bonds is 0. The molecule has 7 nitrogen and oxygen atoms in total. The van der Waals surface area contributed by atoms with Gasteiger partial charge in [-0.3, -0.25) is 4.79 Å². The van der Waals surface area contributed by atoms with Crippen molar-refractivity contribution < 1.29 is 30.4 Å². The molecular weight excluding hydrogens is 414 g/mol. The van der Waals surface area contributed by atoms with Gasteiger partial charge in [0.2, 0.25) is 0 Å². The minimum Gasteiger partial charge on any atom is -0.268 e. The third-order valence-corrected chi connectivity index (χ3v) is 6.42. The van der Waals surface area contributed by atoms with Crippen LogP contribution in [0.4, 0.5) is 8.78 Å². The SMILES string of the molecule is O=C1NS(=O)(=O)c2cc(F)ccc21.O=S1(=O)N=C(Cl)c2ccc(F)cc21.